The zero-order valence-electron chi connectivity index (χ0n) is 11.7. The minimum Gasteiger partial charge on any atom is -0.459 e. The number of rotatable bonds is 2. The fourth-order valence-electron chi connectivity index (χ4n) is 2.63. The van der Waals surface area contributed by atoms with Crippen LogP contribution in [0.25, 0.3) is 0 Å². The Balaban J connectivity index is 2.23. The van der Waals surface area contributed by atoms with Crippen molar-refractivity contribution in [3.63, 3.8) is 0 Å². The molecule has 6 nitrogen and oxygen atoms in total. The van der Waals surface area contributed by atoms with E-state index in [1.165, 1.54) is 0 Å². The van der Waals surface area contributed by atoms with E-state index in [1.807, 2.05) is 0 Å². The molecule has 1 saturated heterocycles. The lowest BCUT2D eigenvalue weighted by Gasteiger charge is -2.38. The van der Waals surface area contributed by atoms with Crippen LogP contribution in [0.3, 0.4) is 0 Å². The first kappa shape index (κ1) is 14.4. The van der Waals surface area contributed by atoms with E-state index < -0.39 is 11.9 Å². The maximum atomic E-state index is 12.0. The second kappa shape index (κ2) is 5.95. The molecule has 2 rings (SSSR count). The van der Waals surface area contributed by atoms with Crippen LogP contribution in [0.5, 0.6) is 0 Å². The van der Waals surface area contributed by atoms with Crippen LogP contribution in [0.2, 0.25) is 0 Å². The number of nitrogens with one attached hydrogen (secondary N) is 2. The first-order chi connectivity index (χ1) is 9.52. The number of ether oxygens (including phenoxy) is 1. The fraction of sp³-hybridized carbons (Fsp3) is 0.643. The zero-order valence-corrected chi connectivity index (χ0v) is 11.7. The highest BCUT2D eigenvalue weighted by Crippen LogP contribution is 2.23. The van der Waals surface area contributed by atoms with Crippen molar-refractivity contribution < 1.29 is 14.3 Å². The molecule has 0 aromatic carbocycles. The lowest BCUT2D eigenvalue weighted by molar-refractivity contribution is -0.142. The van der Waals surface area contributed by atoms with Crippen molar-refractivity contribution >= 4 is 11.9 Å². The van der Waals surface area contributed by atoms with Gasteiger partial charge in [0.1, 0.15) is 11.8 Å². The Labute approximate surface area is 118 Å². The Bertz CT molecular complexity index is 490. The van der Waals surface area contributed by atoms with Gasteiger partial charge in [0, 0.05) is 12.1 Å². The largest absolute Gasteiger partial charge is 0.459 e. The molecule has 1 amide bonds. The molecule has 1 saturated carbocycles. The molecule has 2 N–H and O–H groups in total. The molecule has 0 aromatic rings. The number of fused-ring (bicyclic) bond motifs is 1. The normalized spacial score (nSPS) is 27.8. The van der Waals surface area contributed by atoms with Gasteiger partial charge in [-0.3, -0.25) is 4.79 Å². The monoisotopic (exact) mass is 277 g/mol. The number of carbonyl (C=O) groups excluding carboxylic acids is 2. The van der Waals surface area contributed by atoms with Gasteiger partial charge in [0.25, 0.3) is 5.91 Å². The summed E-state index contributed by atoms with van der Waals surface area (Å²) in [5, 5.41) is 15.1. The average molecular weight is 277 g/mol. The Morgan fingerprint density at radius 1 is 1.30 bits per heavy atom. The highest BCUT2D eigenvalue weighted by Gasteiger charge is 2.36. The van der Waals surface area contributed by atoms with Gasteiger partial charge in [-0.2, -0.15) is 5.26 Å². The predicted molar refractivity (Wildman–Crippen MR) is 71.2 cm³/mol. The highest BCUT2D eigenvalue weighted by atomic mass is 16.5. The molecule has 1 aliphatic carbocycles. The SMILES string of the molecule is CC(C)OC(=O)/C(C#N)=C1\N[C@@H]2CCCC[C@H]2NC1=O. The van der Waals surface area contributed by atoms with Crippen molar-refractivity contribution in [2.24, 2.45) is 0 Å². The second-order valence-electron chi connectivity index (χ2n) is 5.43. The van der Waals surface area contributed by atoms with Crippen LogP contribution in [0, 0.1) is 11.3 Å². The standard InChI is InChI=1S/C14H19N3O3/c1-8(2)20-14(19)9(7-15)12-13(18)17-11-6-4-3-5-10(11)16-12/h8,10-11,16H,3-6H2,1-2H3,(H,17,18)/b12-9-/t10-,11-/m1/s1. The van der Waals surface area contributed by atoms with Gasteiger partial charge in [-0.15, -0.1) is 0 Å². The number of nitriles is 1. The van der Waals surface area contributed by atoms with E-state index in [0.29, 0.717) is 0 Å². The summed E-state index contributed by atoms with van der Waals surface area (Å²) in [7, 11) is 0. The molecule has 108 valence electrons. The Morgan fingerprint density at radius 2 is 1.90 bits per heavy atom. The second-order valence-corrected chi connectivity index (χ2v) is 5.43. The Kier molecular flexibility index (Phi) is 4.28. The van der Waals surface area contributed by atoms with Gasteiger partial charge in [-0.1, -0.05) is 12.8 Å². The summed E-state index contributed by atoms with van der Waals surface area (Å²) in [6, 6.07) is 1.96. The van der Waals surface area contributed by atoms with Crippen LogP contribution in [0.4, 0.5) is 0 Å². The number of esters is 1. The number of hydrogen-bond donors (Lipinski definition) is 2. The molecule has 0 radical (unpaired) electrons. The van der Waals surface area contributed by atoms with Crippen LogP contribution in [0.15, 0.2) is 11.3 Å². The van der Waals surface area contributed by atoms with Gasteiger partial charge in [0.05, 0.1) is 6.10 Å². The zero-order chi connectivity index (χ0) is 14.7. The van der Waals surface area contributed by atoms with Gasteiger partial charge in [-0.25, -0.2) is 4.79 Å². The molecule has 1 heterocycles. The highest BCUT2D eigenvalue weighted by molar-refractivity contribution is 6.05. The van der Waals surface area contributed by atoms with Crippen molar-refractivity contribution in [2.75, 3.05) is 0 Å². The van der Waals surface area contributed by atoms with Crippen LogP contribution in [-0.4, -0.2) is 30.1 Å². The van der Waals surface area contributed by atoms with Crippen molar-refractivity contribution in [1.29, 1.82) is 5.26 Å². The van der Waals surface area contributed by atoms with Crippen molar-refractivity contribution in [1.82, 2.24) is 10.6 Å². The Hall–Kier alpha value is -2.03. The van der Waals surface area contributed by atoms with E-state index in [9.17, 15) is 9.59 Å². The number of amides is 1. The van der Waals surface area contributed by atoms with Crippen LogP contribution in [0.1, 0.15) is 39.5 Å². The maximum absolute atomic E-state index is 12.0. The van der Waals surface area contributed by atoms with Crippen LogP contribution < -0.4 is 10.6 Å². The van der Waals surface area contributed by atoms with Gasteiger partial charge in [-0.05, 0) is 26.7 Å². The van der Waals surface area contributed by atoms with E-state index >= 15 is 0 Å². The average Bonchev–Trinajstić information content (AvgIpc) is 2.39. The summed E-state index contributed by atoms with van der Waals surface area (Å²) in [4.78, 5) is 23.9. The van der Waals surface area contributed by atoms with Gasteiger partial charge in [0.15, 0.2) is 5.57 Å². The number of nitrogens with zero attached hydrogens (tertiary/aromatic N) is 1. The predicted octanol–water partition coefficient (Wildman–Crippen LogP) is 0.746. The lowest BCUT2D eigenvalue weighted by Crippen LogP contribution is -2.59. The van der Waals surface area contributed by atoms with E-state index in [0.717, 1.165) is 25.7 Å². The van der Waals surface area contributed by atoms with Crippen molar-refractivity contribution in [3.05, 3.63) is 11.3 Å². The van der Waals surface area contributed by atoms with Crippen molar-refractivity contribution in [2.45, 2.75) is 57.7 Å². The third-order valence-corrected chi connectivity index (χ3v) is 3.55. The summed E-state index contributed by atoms with van der Waals surface area (Å²) < 4.78 is 5.00. The topological polar surface area (TPSA) is 91.2 Å². The summed E-state index contributed by atoms with van der Waals surface area (Å²) in [5.74, 6) is -1.15. The lowest BCUT2D eigenvalue weighted by atomic mass is 9.88. The smallest absolute Gasteiger partial charge is 0.351 e. The van der Waals surface area contributed by atoms with Crippen LogP contribution >= 0.6 is 0 Å². The fourth-order valence-corrected chi connectivity index (χ4v) is 2.63. The summed E-state index contributed by atoms with van der Waals surface area (Å²) in [5.41, 5.74) is -0.207. The molecule has 0 unspecified atom stereocenters. The van der Waals surface area contributed by atoms with E-state index in [1.54, 1.807) is 19.9 Å². The molecule has 6 heteroatoms. The number of piperazine rings is 1. The van der Waals surface area contributed by atoms with E-state index in [-0.39, 0.29) is 29.5 Å². The number of hydrogen-bond acceptors (Lipinski definition) is 5. The Morgan fingerprint density at radius 3 is 2.45 bits per heavy atom. The first-order valence-electron chi connectivity index (χ1n) is 6.95. The first-order valence-corrected chi connectivity index (χ1v) is 6.95. The molecule has 0 aromatic heterocycles. The molecule has 2 atom stereocenters. The number of carbonyl (C=O) groups is 2. The van der Waals surface area contributed by atoms with Gasteiger partial charge >= 0.3 is 5.97 Å². The molecule has 0 spiro atoms. The summed E-state index contributed by atoms with van der Waals surface area (Å²) in [6.45, 7) is 3.40. The molecule has 2 aliphatic rings. The van der Waals surface area contributed by atoms with E-state index in [4.69, 9.17) is 10.00 Å². The molecular formula is C14H19N3O3. The quantitative estimate of drug-likeness (QED) is 0.441. The van der Waals surface area contributed by atoms with Crippen molar-refractivity contribution in [3.8, 4) is 6.07 Å². The molecule has 20 heavy (non-hydrogen) atoms. The van der Waals surface area contributed by atoms with E-state index in [2.05, 4.69) is 10.6 Å². The summed E-state index contributed by atoms with van der Waals surface area (Å²) in [6.07, 6.45) is 3.68. The van der Waals surface area contributed by atoms with Crippen LogP contribution in [-0.2, 0) is 14.3 Å². The third-order valence-electron chi connectivity index (χ3n) is 3.55. The minimum absolute atomic E-state index is 0.0429. The third kappa shape index (κ3) is 2.93. The summed E-state index contributed by atoms with van der Waals surface area (Å²) >= 11 is 0. The minimum atomic E-state index is -0.755. The molecular weight excluding hydrogens is 258 g/mol. The molecule has 2 fully saturated rings. The van der Waals surface area contributed by atoms with Gasteiger partial charge < -0.3 is 15.4 Å². The maximum Gasteiger partial charge on any atom is 0.351 e. The molecule has 0 bridgehead atoms. The molecule has 1 aliphatic heterocycles. The van der Waals surface area contributed by atoms with Gasteiger partial charge in [0.2, 0.25) is 0 Å².